The van der Waals surface area contributed by atoms with Crippen LogP contribution in [0.15, 0.2) is 29.3 Å². The Bertz CT molecular complexity index is 821. The standard InChI is InChI=1S/C23H31F3N4O.HI/c1-4-18(5-2)21(31)30-14-11-20(12-15-30)29-22(27-3)28-13-7-9-17-8-6-10-19(16-17)23(24,25)26;/h6,8,10,16,18,20H,4-5,11-15H2,1-3H3,(H2,27,28,29);1H. The number of amides is 1. The highest BCUT2D eigenvalue weighted by molar-refractivity contribution is 14.0. The second-order valence-corrected chi connectivity index (χ2v) is 7.56. The predicted octanol–water partition coefficient (Wildman–Crippen LogP) is 4.27. The number of halogens is 4. The Balaban J connectivity index is 0.00000512. The fourth-order valence-electron chi connectivity index (χ4n) is 3.58. The first-order valence-electron chi connectivity index (χ1n) is 10.7. The van der Waals surface area contributed by atoms with Gasteiger partial charge in [0.1, 0.15) is 0 Å². The summed E-state index contributed by atoms with van der Waals surface area (Å²) in [6.45, 7) is 5.79. The molecule has 0 saturated carbocycles. The van der Waals surface area contributed by atoms with Crippen LogP contribution in [0.4, 0.5) is 13.2 Å². The molecule has 32 heavy (non-hydrogen) atoms. The van der Waals surface area contributed by atoms with Crippen LogP contribution in [-0.2, 0) is 11.0 Å². The molecule has 1 aromatic rings. The molecule has 0 spiro atoms. The molecule has 0 unspecified atom stereocenters. The van der Waals surface area contributed by atoms with Gasteiger partial charge in [-0.05, 0) is 43.9 Å². The van der Waals surface area contributed by atoms with Crippen LogP contribution in [0.1, 0.15) is 50.7 Å². The van der Waals surface area contributed by atoms with Crippen LogP contribution < -0.4 is 10.6 Å². The van der Waals surface area contributed by atoms with Gasteiger partial charge in [-0.3, -0.25) is 9.79 Å². The van der Waals surface area contributed by atoms with E-state index in [0.29, 0.717) is 11.5 Å². The zero-order chi connectivity index (χ0) is 22.9. The topological polar surface area (TPSA) is 56.7 Å². The summed E-state index contributed by atoms with van der Waals surface area (Å²) < 4.78 is 38.3. The highest BCUT2D eigenvalue weighted by Gasteiger charge is 2.30. The zero-order valence-corrected chi connectivity index (χ0v) is 21.1. The molecule has 5 nitrogen and oxygen atoms in total. The van der Waals surface area contributed by atoms with Crippen molar-refractivity contribution in [2.45, 2.75) is 51.7 Å². The Morgan fingerprint density at radius 2 is 1.91 bits per heavy atom. The summed E-state index contributed by atoms with van der Waals surface area (Å²) in [6, 6.07) is 5.16. The van der Waals surface area contributed by atoms with Gasteiger partial charge in [0.25, 0.3) is 0 Å². The monoisotopic (exact) mass is 564 g/mol. The molecule has 0 radical (unpaired) electrons. The lowest BCUT2D eigenvalue weighted by atomic mass is 9.98. The largest absolute Gasteiger partial charge is 0.416 e. The fourth-order valence-corrected chi connectivity index (χ4v) is 3.58. The third-order valence-corrected chi connectivity index (χ3v) is 5.47. The van der Waals surface area contributed by atoms with Crippen molar-refractivity contribution in [2.75, 3.05) is 26.7 Å². The molecular weight excluding hydrogens is 532 g/mol. The lowest BCUT2D eigenvalue weighted by Crippen LogP contribution is -2.50. The van der Waals surface area contributed by atoms with Gasteiger partial charge in [-0.1, -0.05) is 31.8 Å². The first-order chi connectivity index (χ1) is 14.8. The summed E-state index contributed by atoms with van der Waals surface area (Å²) in [5, 5.41) is 6.40. The Hall–Kier alpha value is -1.96. The van der Waals surface area contributed by atoms with Gasteiger partial charge >= 0.3 is 6.18 Å². The van der Waals surface area contributed by atoms with E-state index in [-0.39, 0.29) is 48.4 Å². The van der Waals surface area contributed by atoms with Crippen molar-refractivity contribution in [3.63, 3.8) is 0 Å². The molecule has 0 aromatic heterocycles. The van der Waals surface area contributed by atoms with Gasteiger partial charge in [-0.2, -0.15) is 13.2 Å². The number of guanidine groups is 1. The van der Waals surface area contributed by atoms with Gasteiger partial charge in [0.2, 0.25) is 5.91 Å². The maximum Gasteiger partial charge on any atom is 0.416 e. The quantitative estimate of drug-likeness (QED) is 0.243. The minimum absolute atomic E-state index is 0. The fraction of sp³-hybridized carbons (Fsp3) is 0.565. The minimum Gasteiger partial charge on any atom is -0.354 e. The highest BCUT2D eigenvalue weighted by Crippen LogP contribution is 2.29. The normalized spacial score (nSPS) is 15.0. The maximum atomic E-state index is 12.8. The third-order valence-electron chi connectivity index (χ3n) is 5.47. The van der Waals surface area contributed by atoms with E-state index in [1.165, 1.54) is 6.07 Å². The van der Waals surface area contributed by atoms with Crippen molar-refractivity contribution in [3.05, 3.63) is 35.4 Å². The number of nitrogens with one attached hydrogen (secondary N) is 2. The molecule has 1 aliphatic rings. The molecule has 1 aliphatic heterocycles. The van der Waals surface area contributed by atoms with E-state index in [9.17, 15) is 18.0 Å². The number of benzene rings is 1. The van der Waals surface area contributed by atoms with Crippen LogP contribution in [0.2, 0.25) is 0 Å². The van der Waals surface area contributed by atoms with Crippen LogP contribution in [0.25, 0.3) is 0 Å². The second-order valence-electron chi connectivity index (χ2n) is 7.56. The number of carbonyl (C=O) groups excluding carboxylic acids is 1. The number of hydrogen-bond donors (Lipinski definition) is 2. The van der Waals surface area contributed by atoms with Gasteiger partial charge in [0.15, 0.2) is 5.96 Å². The third kappa shape index (κ3) is 8.52. The van der Waals surface area contributed by atoms with Crippen molar-refractivity contribution in [1.29, 1.82) is 0 Å². The number of carbonyl (C=O) groups is 1. The SMILES string of the molecule is CCC(CC)C(=O)N1CCC(NC(=NC)NCC#Cc2cccc(C(F)(F)F)c2)CC1.I. The van der Waals surface area contributed by atoms with Crippen molar-refractivity contribution in [1.82, 2.24) is 15.5 Å². The number of likely N-dealkylation sites (tertiary alicyclic amines) is 1. The van der Waals surface area contributed by atoms with E-state index in [0.717, 1.165) is 50.9 Å². The zero-order valence-electron chi connectivity index (χ0n) is 18.8. The number of alkyl halides is 3. The molecule has 1 fully saturated rings. The van der Waals surface area contributed by atoms with E-state index >= 15 is 0 Å². The molecule has 0 aliphatic carbocycles. The summed E-state index contributed by atoms with van der Waals surface area (Å²) in [5.41, 5.74) is -0.396. The van der Waals surface area contributed by atoms with Crippen molar-refractivity contribution in [2.24, 2.45) is 10.9 Å². The van der Waals surface area contributed by atoms with E-state index in [2.05, 4.69) is 27.5 Å². The van der Waals surface area contributed by atoms with Gasteiger partial charge in [0, 0.05) is 37.7 Å². The number of rotatable bonds is 5. The van der Waals surface area contributed by atoms with Gasteiger partial charge in [-0.15, -0.1) is 24.0 Å². The summed E-state index contributed by atoms with van der Waals surface area (Å²) in [7, 11) is 1.65. The maximum absolute atomic E-state index is 12.8. The molecule has 1 saturated heterocycles. The van der Waals surface area contributed by atoms with Gasteiger partial charge in [-0.25, -0.2) is 0 Å². The molecule has 0 bridgehead atoms. The van der Waals surface area contributed by atoms with Crippen LogP contribution in [0.5, 0.6) is 0 Å². The minimum atomic E-state index is -4.38. The molecule has 1 amide bonds. The van der Waals surface area contributed by atoms with Crippen LogP contribution in [0.3, 0.4) is 0 Å². The summed E-state index contributed by atoms with van der Waals surface area (Å²) in [4.78, 5) is 18.6. The lowest BCUT2D eigenvalue weighted by molar-refractivity contribution is -0.138. The van der Waals surface area contributed by atoms with Crippen molar-refractivity contribution in [3.8, 4) is 11.8 Å². The Labute approximate surface area is 205 Å². The number of aliphatic imine (C=N–C) groups is 1. The predicted molar refractivity (Wildman–Crippen MR) is 132 cm³/mol. The molecule has 178 valence electrons. The Morgan fingerprint density at radius 1 is 1.25 bits per heavy atom. The summed E-state index contributed by atoms with van der Waals surface area (Å²) in [6.07, 6.45) is -0.974. The van der Waals surface area contributed by atoms with Gasteiger partial charge in [0.05, 0.1) is 12.1 Å². The Kier molecular flexibility index (Phi) is 11.9. The van der Waals surface area contributed by atoms with Crippen molar-refractivity contribution >= 4 is 35.8 Å². The molecular formula is C23H32F3IN4O. The molecule has 2 N–H and O–H groups in total. The van der Waals surface area contributed by atoms with E-state index < -0.39 is 11.7 Å². The molecule has 0 atom stereocenters. The highest BCUT2D eigenvalue weighted by atomic mass is 127. The summed E-state index contributed by atoms with van der Waals surface area (Å²) >= 11 is 0. The average Bonchev–Trinajstić information content (AvgIpc) is 2.76. The van der Waals surface area contributed by atoms with E-state index in [4.69, 9.17) is 0 Å². The van der Waals surface area contributed by atoms with Crippen LogP contribution in [-0.4, -0.2) is 49.5 Å². The number of nitrogens with zero attached hydrogens (tertiary/aromatic N) is 2. The van der Waals surface area contributed by atoms with Crippen LogP contribution >= 0.6 is 24.0 Å². The number of piperidine rings is 1. The first-order valence-corrected chi connectivity index (χ1v) is 10.7. The second kappa shape index (κ2) is 13.6. The van der Waals surface area contributed by atoms with Gasteiger partial charge < -0.3 is 15.5 Å². The molecule has 2 rings (SSSR count). The average molecular weight is 564 g/mol. The van der Waals surface area contributed by atoms with Crippen LogP contribution in [0, 0.1) is 17.8 Å². The molecule has 1 heterocycles. The molecule has 1 aromatic carbocycles. The van der Waals surface area contributed by atoms with E-state index in [1.54, 1.807) is 13.1 Å². The summed E-state index contributed by atoms with van der Waals surface area (Å²) in [5.74, 6) is 6.51. The number of hydrogen-bond acceptors (Lipinski definition) is 2. The smallest absolute Gasteiger partial charge is 0.354 e. The first kappa shape index (κ1) is 28.1. The van der Waals surface area contributed by atoms with E-state index in [1.807, 2.05) is 18.7 Å². The Morgan fingerprint density at radius 3 is 2.47 bits per heavy atom. The lowest BCUT2D eigenvalue weighted by Gasteiger charge is -2.34. The van der Waals surface area contributed by atoms with Crippen molar-refractivity contribution < 1.29 is 18.0 Å². The molecule has 9 heteroatoms.